The van der Waals surface area contributed by atoms with Crippen molar-refractivity contribution in [3.63, 3.8) is 0 Å². The fourth-order valence-electron chi connectivity index (χ4n) is 3.69. The summed E-state index contributed by atoms with van der Waals surface area (Å²) in [6.45, 7) is 10.5. The number of amides is 1. The molecule has 0 spiro atoms. The summed E-state index contributed by atoms with van der Waals surface area (Å²) in [5.41, 5.74) is -0.0312. The maximum absolute atomic E-state index is 12.6. The highest BCUT2D eigenvalue weighted by molar-refractivity contribution is 5.97. The van der Waals surface area contributed by atoms with Crippen molar-refractivity contribution in [2.45, 2.75) is 64.9 Å². The minimum Gasteiger partial charge on any atom is -0.494 e. The van der Waals surface area contributed by atoms with Gasteiger partial charge in [0.15, 0.2) is 0 Å². The molecule has 0 unspecified atom stereocenters. The number of piperidine rings is 1. The Morgan fingerprint density at radius 1 is 1.29 bits per heavy atom. The van der Waals surface area contributed by atoms with Crippen LogP contribution in [0.5, 0.6) is 5.75 Å². The van der Waals surface area contributed by atoms with Crippen molar-refractivity contribution in [3.8, 4) is 5.75 Å². The van der Waals surface area contributed by atoms with Crippen LogP contribution in [0.2, 0.25) is 0 Å². The molecule has 5 heteroatoms. The SMILES string of the molecule is CCCC[C@@](C)(OC)C(=O)Nc1ccc(OCCCN2CCC[C@@H](C)C2)cc1. The van der Waals surface area contributed by atoms with Gasteiger partial charge in [-0.2, -0.15) is 0 Å². The van der Waals surface area contributed by atoms with E-state index in [9.17, 15) is 4.79 Å². The first-order valence-corrected chi connectivity index (χ1v) is 10.8. The standard InChI is InChI=1S/C23H38N2O3/c1-5-6-14-23(3,27-4)22(26)24-20-10-12-21(13-11-20)28-17-8-16-25-15-7-9-19(2)18-25/h10-13,19H,5-9,14-18H2,1-4H3,(H,24,26)/t19-,23-/m1/s1. The van der Waals surface area contributed by atoms with Gasteiger partial charge >= 0.3 is 0 Å². The van der Waals surface area contributed by atoms with E-state index in [0.717, 1.165) is 49.8 Å². The van der Waals surface area contributed by atoms with Gasteiger partial charge in [0.25, 0.3) is 5.91 Å². The highest BCUT2D eigenvalue weighted by Gasteiger charge is 2.32. The monoisotopic (exact) mass is 390 g/mol. The van der Waals surface area contributed by atoms with Crippen LogP contribution in [0.15, 0.2) is 24.3 Å². The molecule has 1 aromatic carbocycles. The van der Waals surface area contributed by atoms with Crippen LogP contribution in [-0.2, 0) is 9.53 Å². The number of nitrogens with one attached hydrogen (secondary N) is 1. The molecule has 2 atom stereocenters. The molecule has 28 heavy (non-hydrogen) atoms. The molecule has 5 nitrogen and oxygen atoms in total. The minimum absolute atomic E-state index is 0.104. The largest absolute Gasteiger partial charge is 0.494 e. The smallest absolute Gasteiger partial charge is 0.256 e. The second-order valence-electron chi connectivity index (χ2n) is 8.27. The molecule has 0 aromatic heterocycles. The summed E-state index contributed by atoms with van der Waals surface area (Å²) in [6.07, 6.45) is 6.42. The van der Waals surface area contributed by atoms with Crippen molar-refractivity contribution in [3.05, 3.63) is 24.3 Å². The van der Waals surface area contributed by atoms with Crippen LogP contribution in [0, 0.1) is 5.92 Å². The Kier molecular flexibility index (Phi) is 9.26. The molecule has 0 bridgehead atoms. The number of carbonyl (C=O) groups is 1. The Balaban J connectivity index is 1.74. The first-order chi connectivity index (χ1) is 13.5. The van der Waals surface area contributed by atoms with Gasteiger partial charge in [0, 0.05) is 25.9 Å². The van der Waals surface area contributed by atoms with E-state index in [0.29, 0.717) is 6.42 Å². The fraction of sp³-hybridized carbons (Fsp3) is 0.696. The summed E-state index contributed by atoms with van der Waals surface area (Å²) in [6, 6.07) is 7.59. The molecule has 158 valence electrons. The Hall–Kier alpha value is -1.59. The lowest BCUT2D eigenvalue weighted by Gasteiger charge is -2.30. The maximum Gasteiger partial charge on any atom is 0.256 e. The van der Waals surface area contributed by atoms with Gasteiger partial charge in [-0.15, -0.1) is 0 Å². The van der Waals surface area contributed by atoms with Crippen molar-refractivity contribution in [1.82, 2.24) is 4.90 Å². The summed E-state index contributed by atoms with van der Waals surface area (Å²) >= 11 is 0. The topological polar surface area (TPSA) is 50.8 Å². The number of benzene rings is 1. The van der Waals surface area contributed by atoms with Crippen molar-refractivity contribution in [1.29, 1.82) is 0 Å². The highest BCUT2D eigenvalue weighted by Crippen LogP contribution is 2.22. The normalized spacial score (nSPS) is 19.8. The zero-order valence-electron chi connectivity index (χ0n) is 18.1. The number of nitrogens with zero attached hydrogens (tertiary/aromatic N) is 1. The molecule has 0 saturated carbocycles. The third-order valence-corrected chi connectivity index (χ3v) is 5.68. The van der Waals surface area contributed by atoms with Gasteiger partial charge in [-0.1, -0.05) is 26.7 Å². The van der Waals surface area contributed by atoms with E-state index in [4.69, 9.17) is 9.47 Å². The number of likely N-dealkylation sites (tertiary alicyclic amines) is 1. The Labute approximate surface area is 170 Å². The van der Waals surface area contributed by atoms with Crippen molar-refractivity contribution < 1.29 is 14.3 Å². The van der Waals surface area contributed by atoms with Crippen molar-refractivity contribution in [2.75, 3.05) is 38.7 Å². The minimum atomic E-state index is -0.795. The van der Waals surface area contributed by atoms with Gasteiger partial charge < -0.3 is 19.7 Å². The van der Waals surface area contributed by atoms with Gasteiger partial charge in [0.1, 0.15) is 11.4 Å². The van der Waals surface area contributed by atoms with Crippen LogP contribution in [0.1, 0.15) is 59.3 Å². The van der Waals surface area contributed by atoms with Gasteiger partial charge in [-0.3, -0.25) is 4.79 Å². The van der Waals surface area contributed by atoms with Crippen LogP contribution < -0.4 is 10.1 Å². The second kappa shape index (κ2) is 11.4. The molecular weight excluding hydrogens is 352 g/mol. The number of carbonyl (C=O) groups excluding carboxylic acids is 1. The number of hydrogen-bond acceptors (Lipinski definition) is 4. The molecule has 1 N–H and O–H groups in total. The number of hydrogen-bond donors (Lipinski definition) is 1. The quantitative estimate of drug-likeness (QED) is 0.556. The first kappa shape index (κ1) is 22.7. The second-order valence-corrected chi connectivity index (χ2v) is 8.27. The Morgan fingerprint density at radius 3 is 2.68 bits per heavy atom. The lowest BCUT2D eigenvalue weighted by atomic mass is 9.97. The van der Waals surface area contributed by atoms with E-state index >= 15 is 0 Å². The van der Waals surface area contributed by atoms with Crippen LogP contribution in [0.3, 0.4) is 0 Å². The summed E-state index contributed by atoms with van der Waals surface area (Å²) in [5.74, 6) is 1.55. The molecule has 1 fully saturated rings. The van der Waals surface area contributed by atoms with E-state index in [1.54, 1.807) is 7.11 Å². The Bertz CT molecular complexity index is 590. The lowest BCUT2D eigenvalue weighted by molar-refractivity contribution is -0.136. The summed E-state index contributed by atoms with van der Waals surface area (Å²) in [4.78, 5) is 15.1. The molecule has 1 aromatic rings. The van der Waals surface area contributed by atoms with E-state index < -0.39 is 5.60 Å². The number of methoxy groups -OCH3 is 1. The molecule has 0 aliphatic carbocycles. The predicted molar refractivity (Wildman–Crippen MR) is 115 cm³/mol. The molecule has 1 saturated heterocycles. The summed E-state index contributed by atoms with van der Waals surface area (Å²) in [5, 5.41) is 2.96. The molecule has 0 radical (unpaired) electrons. The van der Waals surface area contributed by atoms with Gasteiger partial charge in [0.05, 0.1) is 6.61 Å². The van der Waals surface area contributed by atoms with Crippen LogP contribution in [0.25, 0.3) is 0 Å². The van der Waals surface area contributed by atoms with Crippen LogP contribution >= 0.6 is 0 Å². The number of rotatable bonds is 11. The van der Waals surface area contributed by atoms with Crippen LogP contribution in [0.4, 0.5) is 5.69 Å². The lowest BCUT2D eigenvalue weighted by Crippen LogP contribution is -2.41. The molecule has 1 aliphatic heterocycles. The number of ether oxygens (including phenoxy) is 2. The van der Waals surface area contributed by atoms with E-state index in [1.165, 1.54) is 25.9 Å². The zero-order chi connectivity index (χ0) is 20.4. The Morgan fingerprint density at radius 2 is 2.04 bits per heavy atom. The zero-order valence-corrected chi connectivity index (χ0v) is 18.1. The fourth-order valence-corrected chi connectivity index (χ4v) is 3.69. The molecule has 2 rings (SSSR count). The first-order valence-electron chi connectivity index (χ1n) is 10.8. The molecular formula is C23H38N2O3. The van der Waals surface area contributed by atoms with E-state index in [-0.39, 0.29) is 5.91 Å². The van der Waals surface area contributed by atoms with E-state index in [1.807, 2.05) is 31.2 Å². The van der Waals surface area contributed by atoms with Crippen molar-refractivity contribution in [2.24, 2.45) is 5.92 Å². The van der Waals surface area contributed by atoms with Gasteiger partial charge in [0.2, 0.25) is 0 Å². The molecule has 1 amide bonds. The molecule has 1 aliphatic rings. The predicted octanol–water partition coefficient (Wildman–Crippen LogP) is 4.72. The van der Waals surface area contributed by atoms with Gasteiger partial charge in [-0.05, 0) is 69.3 Å². The summed E-state index contributed by atoms with van der Waals surface area (Å²) in [7, 11) is 1.59. The third-order valence-electron chi connectivity index (χ3n) is 5.68. The maximum atomic E-state index is 12.6. The van der Waals surface area contributed by atoms with Crippen LogP contribution in [-0.4, -0.2) is 49.8 Å². The average molecular weight is 391 g/mol. The number of unbranched alkanes of at least 4 members (excludes halogenated alkanes) is 1. The molecule has 1 heterocycles. The number of anilines is 1. The highest BCUT2D eigenvalue weighted by atomic mass is 16.5. The van der Waals surface area contributed by atoms with E-state index in [2.05, 4.69) is 24.1 Å². The van der Waals surface area contributed by atoms with Crippen molar-refractivity contribution >= 4 is 11.6 Å². The average Bonchev–Trinajstić information content (AvgIpc) is 2.70. The van der Waals surface area contributed by atoms with Gasteiger partial charge in [-0.25, -0.2) is 0 Å². The summed E-state index contributed by atoms with van der Waals surface area (Å²) < 4.78 is 11.3. The third kappa shape index (κ3) is 7.10.